The largest absolute Gasteiger partial charge is 0.508 e. The Bertz CT molecular complexity index is 386. The van der Waals surface area contributed by atoms with Crippen LogP contribution in [0.2, 0.25) is 0 Å². The van der Waals surface area contributed by atoms with Crippen molar-refractivity contribution in [1.82, 2.24) is 0 Å². The van der Waals surface area contributed by atoms with Crippen molar-refractivity contribution in [3.63, 3.8) is 0 Å². The molecule has 0 amide bonds. The molecule has 0 unspecified atom stereocenters. The van der Waals surface area contributed by atoms with Gasteiger partial charge < -0.3 is 15.6 Å². The van der Waals surface area contributed by atoms with Crippen LogP contribution in [0.15, 0.2) is 21.1 Å². The maximum absolute atomic E-state index is 11.1. The lowest BCUT2D eigenvalue weighted by Crippen LogP contribution is -2.17. The zero-order valence-electron chi connectivity index (χ0n) is 8.54. The molecule has 16 heavy (non-hydrogen) atoms. The van der Waals surface area contributed by atoms with Crippen molar-refractivity contribution < 1.29 is 14.6 Å². The number of halogens is 2. The third-order valence-corrected chi connectivity index (χ3v) is 3.17. The summed E-state index contributed by atoms with van der Waals surface area (Å²) in [5.41, 5.74) is 6.31. The summed E-state index contributed by atoms with van der Waals surface area (Å²) in [6, 6.07) is 2.68. The first kappa shape index (κ1) is 13.5. The minimum Gasteiger partial charge on any atom is -0.508 e. The molecular formula is C10H11Br2NO3. The van der Waals surface area contributed by atoms with Gasteiger partial charge in [-0.25, -0.2) is 0 Å². The lowest BCUT2D eigenvalue weighted by Gasteiger charge is -2.14. The van der Waals surface area contributed by atoms with Crippen molar-refractivity contribution in [3.05, 3.63) is 26.6 Å². The van der Waals surface area contributed by atoms with E-state index in [0.29, 0.717) is 10.0 Å². The number of benzene rings is 1. The highest BCUT2D eigenvalue weighted by molar-refractivity contribution is 9.11. The lowest BCUT2D eigenvalue weighted by atomic mass is 10.0. The van der Waals surface area contributed by atoms with E-state index in [-0.39, 0.29) is 12.2 Å². The van der Waals surface area contributed by atoms with Crippen LogP contribution < -0.4 is 5.73 Å². The van der Waals surface area contributed by atoms with Crippen LogP contribution in [-0.4, -0.2) is 18.2 Å². The van der Waals surface area contributed by atoms with Gasteiger partial charge in [-0.1, -0.05) is 31.9 Å². The molecule has 0 saturated heterocycles. The van der Waals surface area contributed by atoms with E-state index in [1.165, 1.54) is 13.2 Å². The number of carbonyl (C=O) groups excluding carboxylic acids is 1. The van der Waals surface area contributed by atoms with E-state index in [1.54, 1.807) is 6.07 Å². The van der Waals surface area contributed by atoms with Gasteiger partial charge in [-0.3, -0.25) is 4.79 Å². The number of methoxy groups -OCH3 is 1. The van der Waals surface area contributed by atoms with E-state index in [9.17, 15) is 9.90 Å². The molecule has 6 heteroatoms. The van der Waals surface area contributed by atoms with Gasteiger partial charge in [-0.2, -0.15) is 0 Å². The van der Waals surface area contributed by atoms with Gasteiger partial charge in [0, 0.05) is 20.6 Å². The summed E-state index contributed by atoms with van der Waals surface area (Å²) in [6.45, 7) is 0. The molecule has 3 N–H and O–H groups in total. The van der Waals surface area contributed by atoms with Gasteiger partial charge in [0.05, 0.1) is 13.5 Å². The SMILES string of the molecule is COC(=O)C[C@H](N)c1c(O)cc(Br)cc1Br. The number of phenolic OH excluding ortho intramolecular Hbond substituents is 1. The molecule has 0 saturated carbocycles. The quantitative estimate of drug-likeness (QED) is 0.819. The molecule has 0 aliphatic heterocycles. The van der Waals surface area contributed by atoms with Gasteiger partial charge in [-0.05, 0) is 12.1 Å². The number of aromatic hydroxyl groups is 1. The Balaban J connectivity index is 2.99. The summed E-state index contributed by atoms with van der Waals surface area (Å²) in [5.74, 6) is -0.376. The minimum atomic E-state index is -0.602. The first-order chi connectivity index (χ1) is 7.45. The highest BCUT2D eigenvalue weighted by Gasteiger charge is 2.18. The molecule has 4 nitrogen and oxygen atoms in total. The molecule has 0 spiro atoms. The average molecular weight is 353 g/mol. The summed E-state index contributed by atoms with van der Waals surface area (Å²) >= 11 is 6.53. The molecule has 0 aliphatic rings. The third kappa shape index (κ3) is 3.20. The van der Waals surface area contributed by atoms with Gasteiger partial charge in [0.15, 0.2) is 0 Å². The summed E-state index contributed by atoms with van der Waals surface area (Å²) in [7, 11) is 1.30. The average Bonchev–Trinajstić information content (AvgIpc) is 2.15. The number of ether oxygens (including phenoxy) is 1. The predicted octanol–water partition coefficient (Wildman–Crippen LogP) is 2.48. The Hall–Kier alpha value is -0.590. The van der Waals surface area contributed by atoms with Crippen molar-refractivity contribution in [2.75, 3.05) is 7.11 Å². The maximum atomic E-state index is 11.1. The Morgan fingerprint density at radius 1 is 1.56 bits per heavy atom. The fourth-order valence-electron chi connectivity index (χ4n) is 1.30. The van der Waals surface area contributed by atoms with Crippen LogP contribution in [0.5, 0.6) is 5.75 Å². The summed E-state index contributed by atoms with van der Waals surface area (Å²) in [4.78, 5) is 11.1. The maximum Gasteiger partial charge on any atom is 0.307 e. The fourth-order valence-corrected chi connectivity index (χ4v) is 2.80. The molecule has 1 atom stereocenters. The molecule has 1 rings (SSSR count). The number of carbonyl (C=O) groups is 1. The molecule has 0 aliphatic carbocycles. The predicted molar refractivity (Wildman–Crippen MR) is 67.1 cm³/mol. The Labute approximate surface area is 110 Å². The number of rotatable bonds is 3. The molecule has 0 heterocycles. The van der Waals surface area contributed by atoms with E-state index in [1.807, 2.05) is 0 Å². The summed E-state index contributed by atoms with van der Waals surface area (Å²) in [6.07, 6.45) is 0.0181. The van der Waals surface area contributed by atoms with Crippen LogP contribution in [0.4, 0.5) is 0 Å². The normalized spacial score (nSPS) is 12.2. The molecule has 0 bridgehead atoms. The van der Waals surface area contributed by atoms with Gasteiger partial charge in [0.1, 0.15) is 5.75 Å². The van der Waals surface area contributed by atoms with Crippen molar-refractivity contribution in [2.24, 2.45) is 5.73 Å². The van der Waals surface area contributed by atoms with Crippen LogP contribution in [-0.2, 0) is 9.53 Å². The standard InChI is InChI=1S/C10H11Br2NO3/c1-16-9(15)4-7(13)10-6(12)2-5(11)3-8(10)14/h2-3,7,14H,4,13H2,1H3/t7-/m0/s1. The molecule has 1 aromatic rings. The van der Waals surface area contributed by atoms with Crippen molar-refractivity contribution in [2.45, 2.75) is 12.5 Å². The summed E-state index contributed by atoms with van der Waals surface area (Å²) in [5, 5.41) is 9.74. The van der Waals surface area contributed by atoms with Crippen molar-refractivity contribution >= 4 is 37.8 Å². The number of hydrogen-bond donors (Lipinski definition) is 2. The van der Waals surface area contributed by atoms with E-state index in [2.05, 4.69) is 36.6 Å². The van der Waals surface area contributed by atoms with Gasteiger partial charge >= 0.3 is 5.97 Å². The first-order valence-electron chi connectivity index (χ1n) is 4.46. The Morgan fingerprint density at radius 2 is 2.19 bits per heavy atom. The topological polar surface area (TPSA) is 72.5 Å². The second-order valence-electron chi connectivity index (χ2n) is 3.21. The fraction of sp³-hybridized carbons (Fsp3) is 0.300. The van der Waals surface area contributed by atoms with Crippen LogP contribution in [0.25, 0.3) is 0 Å². The summed E-state index contributed by atoms with van der Waals surface area (Å²) < 4.78 is 5.90. The van der Waals surface area contributed by atoms with Crippen LogP contribution in [0.3, 0.4) is 0 Å². The van der Waals surface area contributed by atoms with E-state index >= 15 is 0 Å². The zero-order chi connectivity index (χ0) is 12.3. The number of nitrogens with two attached hydrogens (primary N) is 1. The minimum absolute atomic E-state index is 0.0181. The molecular weight excluding hydrogens is 342 g/mol. The van der Waals surface area contributed by atoms with E-state index < -0.39 is 12.0 Å². The van der Waals surface area contributed by atoms with Crippen LogP contribution in [0, 0.1) is 0 Å². The van der Waals surface area contributed by atoms with Gasteiger partial charge in [0.25, 0.3) is 0 Å². The third-order valence-electron chi connectivity index (χ3n) is 2.06. The lowest BCUT2D eigenvalue weighted by molar-refractivity contribution is -0.141. The Morgan fingerprint density at radius 3 is 2.69 bits per heavy atom. The number of esters is 1. The monoisotopic (exact) mass is 351 g/mol. The van der Waals surface area contributed by atoms with Gasteiger partial charge in [0.2, 0.25) is 0 Å². The second kappa shape index (κ2) is 5.65. The first-order valence-corrected chi connectivity index (χ1v) is 6.04. The van der Waals surface area contributed by atoms with Crippen LogP contribution >= 0.6 is 31.9 Å². The highest BCUT2D eigenvalue weighted by atomic mass is 79.9. The molecule has 0 radical (unpaired) electrons. The molecule has 88 valence electrons. The van der Waals surface area contributed by atoms with Crippen molar-refractivity contribution in [1.29, 1.82) is 0 Å². The van der Waals surface area contributed by atoms with E-state index in [0.717, 1.165) is 4.47 Å². The Kier molecular flexibility index (Phi) is 4.76. The molecule has 1 aromatic carbocycles. The number of phenols is 1. The highest BCUT2D eigenvalue weighted by Crippen LogP contribution is 2.35. The van der Waals surface area contributed by atoms with Gasteiger partial charge in [-0.15, -0.1) is 0 Å². The van der Waals surface area contributed by atoms with E-state index in [4.69, 9.17) is 5.73 Å². The second-order valence-corrected chi connectivity index (χ2v) is 4.98. The smallest absolute Gasteiger partial charge is 0.307 e. The number of hydrogen-bond acceptors (Lipinski definition) is 4. The van der Waals surface area contributed by atoms with Crippen molar-refractivity contribution in [3.8, 4) is 5.75 Å². The molecule has 0 fully saturated rings. The molecule has 0 aromatic heterocycles. The van der Waals surface area contributed by atoms with Crippen LogP contribution in [0.1, 0.15) is 18.0 Å². The zero-order valence-corrected chi connectivity index (χ0v) is 11.7.